The van der Waals surface area contributed by atoms with Crippen LogP contribution in [0.1, 0.15) is 29.7 Å². The third-order valence-corrected chi connectivity index (χ3v) is 9.84. The van der Waals surface area contributed by atoms with Gasteiger partial charge in [0.25, 0.3) is 0 Å². The van der Waals surface area contributed by atoms with E-state index in [2.05, 4.69) is 170 Å². The lowest BCUT2D eigenvalue weighted by Crippen LogP contribution is -2.52. The van der Waals surface area contributed by atoms with Crippen LogP contribution in [0.3, 0.4) is 0 Å². The van der Waals surface area contributed by atoms with E-state index in [0.29, 0.717) is 0 Å². The summed E-state index contributed by atoms with van der Waals surface area (Å²) < 4.78 is 4.72. The van der Waals surface area contributed by atoms with Crippen LogP contribution in [0.25, 0.3) is 49.3 Å². The SMILES string of the molecule is C1=NC(n2c3ccccc3c3cc4c5ccccc5n(-c5ccccc5)c4cc32)NC1=C1NC(c2ccccc2)NC(c2ccccc2)N1. The molecule has 1 fully saturated rings. The molecule has 3 atom stereocenters. The second-order valence-corrected chi connectivity index (χ2v) is 12.7. The molecule has 0 aliphatic carbocycles. The minimum Gasteiger partial charge on any atom is -0.351 e. The van der Waals surface area contributed by atoms with Crippen LogP contribution in [0.4, 0.5) is 0 Å². The number of hydrogen-bond donors (Lipinski definition) is 4. The van der Waals surface area contributed by atoms with Crippen LogP contribution in [0, 0.1) is 0 Å². The number of aromatic nitrogens is 2. The fourth-order valence-corrected chi connectivity index (χ4v) is 7.59. The van der Waals surface area contributed by atoms with Crippen molar-refractivity contribution in [3.63, 3.8) is 0 Å². The van der Waals surface area contributed by atoms with Gasteiger partial charge in [0.2, 0.25) is 6.29 Å². The molecule has 49 heavy (non-hydrogen) atoms. The highest BCUT2D eigenvalue weighted by Crippen LogP contribution is 2.40. The third-order valence-electron chi connectivity index (χ3n) is 9.84. The number of fused-ring (bicyclic) bond motifs is 6. The molecule has 4 heterocycles. The molecule has 3 unspecified atom stereocenters. The summed E-state index contributed by atoms with van der Waals surface area (Å²) in [6.45, 7) is 0. The summed E-state index contributed by atoms with van der Waals surface area (Å²) in [6, 6.07) is 53.7. The van der Waals surface area contributed by atoms with Gasteiger partial charge in [-0.3, -0.25) is 5.32 Å². The van der Waals surface area contributed by atoms with Gasteiger partial charge in [-0.05, 0) is 47.5 Å². The maximum atomic E-state index is 5.10. The van der Waals surface area contributed by atoms with Gasteiger partial charge in [-0.15, -0.1) is 0 Å². The molecule has 0 bridgehead atoms. The zero-order valence-corrected chi connectivity index (χ0v) is 26.6. The molecule has 0 amide bonds. The summed E-state index contributed by atoms with van der Waals surface area (Å²) in [7, 11) is 0. The van der Waals surface area contributed by atoms with E-state index in [1.54, 1.807) is 0 Å². The Balaban J connectivity index is 1.12. The Morgan fingerprint density at radius 3 is 1.69 bits per heavy atom. The zero-order valence-electron chi connectivity index (χ0n) is 26.6. The number of aliphatic imine (C=N–C) groups is 1. The average Bonchev–Trinajstić information content (AvgIpc) is 3.87. The van der Waals surface area contributed by atoms with E-state index >= 15 is 0 Å². The molecular weight excluding hydrogens is 603 g/mol. The lowest BCUT2D eigenvalue weighted by molar-refractivity contribution is 0.307. The molecule has 7 heteroatoms. The Morgan fingerprint density at radius 2 is 1.02 bits per heavy atom. The first-order chi connectivity index (χ1) is 24.3. The number of benzene rings is 6. The van der Waals surface area contributed by atoms with E-state index in [1.165, 1.54) is 32.6 Å². The van der Waals surface area contributed by atoms with Crippen molar-refractivity contribution in [2.24, 2.45) is 4.99 Å². The van der Waals surface area contributed by atoms with Crippen LogP contribution in [0.5, 0.6) is 0 Å². The minimum absolute atomic E-state index is 0.0918. The minimum atomic E-state index is -0.333. The first-order valence-corrected chi connectivity index (χ1v) is 16.7. The van der Waals surface area contributed by atoms with Crippen LogP contribution in [-0.4, -0.2) is 15.3 Å². The quantitative estimate of drug-likeness (QED) is 0.157. The largest absolute Gasteiger partial charge is 0.351 e. The van der Waals surface area contributed by atoms with E-state index < -0.39 is 0 Å². The maximum absolute atomic E-state index is 5.10. The molecule has 2 aromatic heterocycles. The Labute approximate surface area is 283 Å². The highest BCUT2D eigenvalue weighted by atomic mass is 15.4. The molecule has 10 rings (SSSR count). The van der Waals surface area contributed by atoms with Gasteiger partial charge >= 0.3 is 0 Å². The van der Waals surface area contributed by atoms with Crippen LogP contribution in [-0.2, 0) is 0 Å². The van der Waals surface area contributed by atoms with Crippen molar-refractivity contribution >= 4 is 49.8 Å². The van der Waals surface area contributed by atoms with Crippen molar-refractivity contribution in [3.05, 3.63) is 174 Å². The fraction of sp³-hybridized carbons (Fsp3) is 0.0714. The molecule has 2 aliphatic heterocycles. The fourth-order valence-electron chi connectivity index (χ4n) is 7.59. The molecule has 2 aliphatic rings. The van der Waals surface area contributed by atoms with E-state index in [4.69, 9.17) is 4.99 Å². The molecule has 0 spiro atoms. The van der Waals surface area contributed by atoms with E-state index in [1.807, 2.05) is 18.3 Å². The summed E-state index contributed by atoms with van der Waals surface area (Å²) in [5.74, 6) is 0.903. The Bertz CT molecular complexity index is 2520. The van der Waals surface area contributed by atoms with Gasteiger partial charge in [0, 0.05) is 27.2 Å². The van der Waals surface area contributed by atoms with Crippen LogP contribution < -0.4 is 21.3 Å². The summed E-state index contributed by atoms with van der Waals surface area (Å²) in [5.41, 5.74) is 9.01. The Kier molecular flexibility index (Phi) is 6.32. The summed E-state index contributed by atoms with van der Waals surface area (Å²) in [4.78, 5) is 5.10. The van der Waals surface area contributed by atoms with Crippen molar-refractivity contribution in [2.45, 2.75) is 18.6 Å². The number of nitrogens with one attached hydrogen (secondary N) is 4. The third kappa shape index (κ3) is 4.51. The molecule has 6 aromatic carbocycles. The molecule has 0 saturated carbocycles. The van der Waals surface area contributed by atoms with Crippen LogP contribution >= 0.6 is 0 Å². The van der Waals surface area contributed by atoms with Gasteiger partial charge in [0.1, 0.15) is 18.2 Å². The molecule has 8 aromatic rings. The first-order valence-electron chi connectivity index (χ1n) is 16.7. The number of hydrogen-bond acceptors (Lipinski definition) is 5. The highest BCUT2D eigenvalue weighted by molar-refractivity contribution is 6.18. The highest BCUT2D eigenvalue weighted by Gasteiger charge is 2.30. The predicted molar refractivity (Wildman–Crippen MR) is 199 cm³/mol. The smallest absolute Gasteiger partial charge is 0.201 e. The second-order valence-electron chi connectivity index (χ2n) is 12.7. The Morgan fingerprint density at radius 1 is 0.469 bits per heavy atom. The molecule has 7 nitrogen and oxygen atoms in total. The summed E-state index contributed by atoms with van der Waals surface area (Å²) in [6.07, 6.45) is 1.44. The lowest BCUT2D eigenvalue weighted by atomic mass is 10.1. The van der Waals surface area contributed by atoms with Crippen molar-refractivity contribution in [3.8, 4) is 5.69 Å². The van der Waals surface area contributed by atoms with Crippen LogP contribution in [0.2, 0.25) is 0 Å². The van der Waals surface area contributed by atoms with Gasteiger partial charge < -0.3 is 25.1 Å². The number of rotatable bonds is 4. The van der Waals surface area contributed by atoms with Crippen molar-refractivity contribution in [2.75, 3.05) is 0 Å². The van der Waals surface area contributed by atoms with Crippen molar-refractivity contribution in [1.29, 1.82) is 0 Å². The van der Waals surface area contributed by atoms with Crippen LogP contribution in [0.15, 0.2) is 168 Å². The zero-order chi connectivity index (χ0) is 32.3. The van der Waals surface area contributed by atoms with Crippen molar-refractivity contribution in [1.82, 2.24) is 30.4 Å². The second kappa shape index (κ2) is 11.1. The van der Waals surface area contributed by atoms with Gasteiger partial charge in [0.15, 0.2) is 0 Å². The molecular formula is C42H33N7. The standard InChI is InChI=1S/C42H33N7/c1-4-14-27(15-5-1)39-45-40(28-16-6-2-7-17-28)47-41(46-39)34-26-43-42(44-34)49-36-23-13-11-21-31(36)33-24-32-30-20-10-12-22-35(30)48(37(32)25-38(33)49)29-18-8-3-9-19-29/h1-26,39-40,42,44-47H. The average molecular weight is 636 g/mol. The van der Waals surface area contributed by atoms with Crippen molar-refractivity contribution < 1.29 is 0 Å². The normalized spacial score (nSPS) is 19.1. The molecule has 4 N–H and O–H groups in total. The topological polar surface area (TPSA) is 70.3 Å². The first kappa shape index (κ1) is 27.8. The monoisotopic (exact) mass is 635 g/mol. The lowest BCUT2D eigenvalue weighted by Gasteiger charge is -2.37. The number of allylic oxidation sites excluding steroid dienone is 1. The maximum Gasteiger partial charge on any atom is 0.201 e. The van der Waals surface area contributed by atoms with Gasteiger partial charge in [-0.2, -0.15) is 0 Å². The van der Waals surface area contributed by atoms with E-state index in [9.17, 15) is 0 Å². The predicted octanol–water partition coefficient (Wildman–Crippen LogP) is 8.37. The van der Waals surface area contributed by atoms with Gasteiger partial charge in [0.05, 0.1) is 34.0 Å². The Hall–Kier alpha value is -6.31. The van der Waals surface area contributed by atoms with Gasteiger partial charge in [-0.25, -0.2) is 4.99 Å². The number of para-hydroxylation sites is 3. The summed E-state index contributed by atoms with van der Waals surface area (Å²) >= 11 is 0. The van der Waals surface area contributed by atoms with E-state index in [0.717, 1.165) is 39.4 Å². The summed E-state index contributed by atoms with van der Waals surface area (Å²) in [5, 5.41) is 19.8. The van der Waals surface area contributed by atoms with E-state index in [-0.39, 0.29) is 18.6 Å². The molecule has 1 saturated heterocycles. The molecule has 236 valence electrons. The molecule has 0 radical (unpaired) electrons. The number of nitrogens with zero attached hydrogens (tertiary/aromatic N) is 3. The van der Waals surface area contributed by atoms with Gasteiger partial charge in [-0.1, -0.05) is 115 Å².